The molecule has 2 saturated heterocycles. The molecule has 2 aliphatic heterocycles. The molecule has 0 aromatic heterocycles. The van der Waals surface area contributed by atoms with Gasteiger partial charge >= 0.3 is 0 Å². The fourth-order valence-corrected chi connectivity index (χ4v) is 6.80. The minimum absolute atomic E-state index is 0.311. The molecule has 5 fully saturated rings. The second kappa shape index (κ2) is 8.51. The van der Waals surface area contributed by atoms with Crippen molar-refractivity contribution in [2.75, 3.05) is 55.6 Å². The van der Waals surface area contributed by atoms with Crippen molar-refractivity contribution in [1.82, 2.24) is 4.90 Å². The third-order valence-corrected chi connectivity index (χ3v) is 9.17. The van der Waals surface area contributed by atoms with Crippen LogP contribution in [0.2, 0.25) is 0 Å². The van der Waals surface area contributed by atoms with Crippen LogP contribution in [0.25, 0.3) is 0 Å². The third kappa shape index (κ3) is 4.55. The molecule has 6 rings (SSSR count). The summed E-state index contributed by atoms with van der Waals surface area (Å²) >= 11 is 0. The summed E-state index contributed by atoms with van der Waals surface area (Å²) in [7, 11) is 0. The highest BCUT2D eigenvalue weighted by molar-refractivity contribution is 5.64. The largest absolute Gasteiger partial charge is 0.372 e. The third-order valence-electron chi connectivity index (χ3n) is 9.17. The van der Waals surface area contributed by atoms with Crippen LogP contribution in [-0.2, 0) is 4.74 Å². The zero-order valence-corrected chi connectivity index (χ0v) is 20.4. The number of morpholine rings is 1. The Balaban J connectivity index is 1.23. The predicted molar refractivity (Wildman–Crippen MR) is 133 cm³/mol. The van der Waals surface area contributed by atoms with Crippen LogP contribution < -0.4 is 9.80 Å². The van der Waals surface area contributed by atoms with Gasteiger partial charge in [-0.15, -0.1) is 0 Å². The Morgan fingerprint density at radius 1 is 0.844 bits per heavy atom. The molecule has 4 nitrogen and oxygen atoms in total. The summed E-state index contributed by atoms with van der Waals surface area (Å²) in [6.45, 7) is 12.7. The van der Waals surface area contributed by atoms with Crippen LogP contribution in [0.3, 0.4) is 0 Å². The monoisotopic (exact) mass is 437 g/mol. The molecule has 1 spiro atoms. The molecule has 0 N–H and O–H groups in total. The minimum atomic E-state index is 0.311. The molecule has 2 unspecified atom stereocenters. The number of ether oxygens (including phenoxy) is 1. The summed E-state index contributed by atoms with van der Waals surface area (Å²) in [5.41, 5.74) is 5.38. The van der Waals surface area contributed by atoms with Crippen LogP contribution in [0.4, 0.5) is 11.4 Å². The Morgan fingerprint density at radius 2 is 1.53 bits per heavy atom. The maximum absolute atomic E-state index is 6.02. The molecule has 176 valence electrons. The van der Waals surface area contributed by atoms with Gasteiger partial charge in [0.05, 0.1) is 12.2 Å². The van der Waals surface area contributed by atoms with Crippen molar-refractivity contribution in [1.29, 1.82) is 0 Å². The topological polar surface area (TPSA) is 19.0 Å². The van der Waals surface area contributed by atoms with Crippen LogP contribution in [0.15, 0.2) is 18.2 Å². The lowest BCUT2D eigenvalue weighted by Gasteiger charge is -2.40. The Labute approximate surface area is 195 Å². The van der Waals surface area contributed by atoms with Crippen molar-refractivity contribution in [3.8, 4) is 0 Å². The number of hydrogen-bond acceptors (Lipinski definition) is 4. The molecule has 32 heavy (non-hydrogen) atoms. The van der Waals surface area contributed by atoms with Crippen LogP contribution in [0.1, 0.15) is 76.7 Å². The second-order valence-corrected chi connectivity index (χ2v) is 11.9. The first-order valence-corrected chi connectivity index (χ1v) is 13.6. The highest BCUT2D eigenvalue weighted by Gasteiger charge is 2.45. The van der Waals surface area contributed by atoms with Gasteiger partial charge in [-0.25, -0.2) is 0 Å². The van der Waals surface area contributed by atoms with Crippen LogP contribution in [0.5, 0.6) is 0 Å². The number of piperazine rings is 1. The molecule has 0 radical (unpaired) electrons. The fraction of sp³-hybridized carbons (Fsp3) is 0.786. The van der Waals surface area contributed by atoms with Gasteiger partial charge in [0.1, 0.15) is 0 Å². The van der Waals surface area contributed by atoms with Crippen molar-refractivity contribution < 1.29 is 4.74 Å². The first kappa shape index (κ1) is 21.3. The number of nitrogens with zero attached hydrogens (tertiary/aromatic N) is 3. The first-order chi connectivity index (χ1) is 15.6. The lowest BCUT2D eigenvalue weighted by Crippen LogP contribution is -2.47. The van der Waals surface area contributed by atoms with Gasteiger partial charge in [0, 0.05) is 57.2 Å². The number of benzene rings is 1. The van der Waals surface area contributed by atoms with Crippen LogP contribution in [0, 0.1) is 11.3 Å². The SMILES string of the molecule is CC1CN(c2ccc(N3CCN(CC4CC4)CC3)c(C3CCC4(CC3)CC4)c2)CC(C)O1. The highest BCUT2D eigenvalue weighted by atomic mass is 16.5. The normalized spacial score (nSPS) is 31.3. The zero-order valence-electron chi connectivity index (χ0n) is 20.4. The molecule has 3 saturated carbocycles. The molecule has 1 aromatic rings. The molecule has 5 aliphatic rings. The van der Waals surface area contributed by atoms with E-state index in [1.807, 2.05) is 0 Å². The van der Waals surface area contributed by atoms with E-state index in [4.69, 9.17) is 4.74 Å². The van der Waals surface area contributed by atoms with E-state index in [0.717, 1.165) is 30.3 Å². The molecule has 0 bridgehead atoms. The van der Waals surface area contributed by atoms with Gasteiger partial charge < -0.3 is 14.5 Å². The molecule has 2 atom stereocenters. The molecule has 2 heterocycles. The summed E-state index contributed by atoms with van der Waals surface area (Å²) in [6, 6.07) is 7.48. The summed E-state index contributed by atoms with van der Waals surface area (Å²) < 4.78 is 6.02. The smallest absolute Gasteiger partial charge is 0.0726 e. The average Bonchev–Trinajstić information content (AvgIpc) is 3.73. The van der Waals surface area contributed by atoms with Crippen LogP contribution >= 0.6 is 0 Å². The molecule has 4 heteroatoms. The lowest BCUT2D eigenvalue weighted by molar-refractivity contribution is -0.00522. The quantitative estimate of drug-likeness (QED) is 0.625. The standard InChI is InChI=1S/C28H43N3O/c1-21-18-31(19-22(2)32-21)25-5-6-27(30-15-13-29(14-16-30)20-23-3-4-23)26(17-25)24-7-9-28(10-8-24)11-12-28/h5-6,17,21-24H,3-4,7-16,18-20H2,1-2H3. The number of rotatable bonds is 5. The summed E-state index contributed by atoms with van der Waals surface area (Å²) in [5.74, 6) is 1.75. The summed E-state index contributed by atoms with van der Waals surface area (Å²) in [5, 5.41) is 0. The van der Waals surface area contributed by atoms with Gasteiger partial charge in [-0.05, 0) is 106 Å². The van der Waals surface area contributed by atoms with Gasteiger partial charge in [0.2, 0.25) is 0 Å². The number of anilines is 2. The average molecular weight is 438 g/mol. The van der Waals surface area contributed by atoms with Gasteiger partial charge in [-0.2, -0.15) is 0 Å². The van der Waals surface area contributed by atoms with Crippen molar-refractivity contribution in [3.05, 3.63) is 23.8 Å². The fourth-order valence-electron chi connectivity index (χ4n) is 6.80. The Bertz CT molecular complexity index is 789. The van der Waals surface area contributed by atoms with E-state index in [1.165, 1.54) is 89.8 Å². The Hall–Kier alpha value is -1.26. The van der Waals surface area contributed by atoms with Crippen molar-refractivity contribution >= 4 is 11.4 Å². The predicted octanol–water partition coefficient (Wildman–Crippen LogP) is 5.27. The van der Waals surface area contributed by atoms with Gasteiger partial charge in [-0.3, -0.25) is 4.90 Å². The van der Waals surface area contributed by atoms with Crippen molar-refractivity contribution in [3.63, 3.8) is 0 Å². The lowest BCUT2D eigenvalue weighted by atomic mass is 9.76. The van der Waals surface area contributed by atoms with E-state index in [0.29, 0.717) is 12.2 Å². The van der Waals surface area contributed by atoms with Gasteiger partial charge in [-0.1, -0.05) is 0 Å². The molecule has 1 aromatic carbocycles. The maximum atomic E-state index is 6.02. The molecule has 0 amide bonds. The second-order valence-electron chi connectivity index (χ2n) is 11.9. The highest BCUT2D eigenvalue weighted by Crippen LogP contribution is 2.59. The summed E-state index contributed by atoms with van der Waals surface area (Å²) in [4.78, 5) is 8.01. The number of hydrogen-bond donors (Lipinski definition) is 0. The maximum Gasteiger partial charge on any atom is 0.0726 e. The minimum Gasteiger partial charge on any atom is -0.372 e. The van der Waals surface area contributed by atoms with Gasteiger partial charge in [0.15, 0.2) is 0 Å². The first-order valence-electron chi connectivity index (χ1n) is 13.6. The van der Waals surface area contributed by atoms with E-state index >= 15 is 0 Å². The van der Waals surface area contributed by atoms with Crippen LogP contribution in [-0.4, -0.2) is 62.9 Å². The molecule has 3 aliphatic carbocycles. The van der Waals surface area contributed by atoms with E-state index in [1.54, 1.807) is 11.3 Å². The summed E-state index contributed by atoms with van der Waals surface area (Å²) in [6.07, 6.45) is 12.3. The zero-order chi connectivity index (χ0) is 21.7. The van der Waals surface area contributed by atoms with Crippen molar-refractivity contribution in [2.24, 2.45) is 11.3 Å². The van der Waals surface area contributed by atoms with E-state index < -0.39 is 0 Å². The van der Waals surface area contributed by atoms with Crippen molar-refractivity contribution in [2.45, 2.75) is 83.3 Å². The molecular formula is C28H43N3O. The van der Waals surface area contributed by atoms with Gasteiger partial charge in [0.25, 0.3) is 0 Å². The van der Waals surface area contributed by atoms with E-state index in [2.05, 4.69) is 46.7 Å². The van der Waals surface area contributed by atoms with E-state index in [-0.39, 0.29) is 0 Å². The Kier molecular flexibility index (Phi) is 5.66. The Morgan fingerprint density at radius 3 is 2.16 bits per heavy atom. The molecular weight excluding hydrogens is 394 g/mol. The van der Waals surface area contributed by atoms with E-state index in [9.17, 15) is 0 Å².